The molecule has 0 atom stereocenters. The smallest absolute Gasteiger partial charge is 0.303 e. The third-order valence-corrected chi connectivity index (χ3v) is 4.50. The fourth-order valence-electron chi connectivity index (χ4n) is 1.89. The molecule has 0 aliphatic heterocycles. The molecule has 14 heteroatoms. The van der Waals surface area contributed by atoms with Crippen molar-refractivity contribution in [3.05, 3.63) is 44.5 Å². The van der Waals surface area contributed by atoms with E-state index < -0.39 is 29.7 Å². The minimum Gasteiger partial charge on any atom is -0.303 e. The summed E-state index contributed by atoms with van der Waals surface area (Å²) in [4.78, 5) is 11.4. The number of halogens is 10. The van der Waals surface area contributed by atoms with Crippen LogP contribution in [-0.4, -0.2) is 33.7 Å². The molecule has 2 rings (SSSR count). The van der Waals surface area contributed by atoms with E-state index in [0.29, 0.717) is 10.6 Å². The summed E-state index contributed by atoms with van der Waals surface area (Å²) in [7, 11) is 0. The SMILES string of the molecule is O=C(Nc1nn(Cc2ccc(Cl)cc2Cl)cc1Br)C(F)(F)C(F)(F)C(F)(F)F. The van der Waals surface area contributed by atoms with Crippen LogP contribution in [0.2, 0.25) is 10.0 Å². The zero-order valence-corrected chi connectivity index (χ0v) is 16.2. The second-order valence-electron chi connectivity index (χ2n) is 5.36. The Balaban J connectivity index is 2.22. The fraction of sp³-hybridized carbons (Fsp3) is 0.286. The molecular formula is C14H7BrCl2F7N3O. The first kappa shape index (κ1) is 22.8. The van der Waals surface area contributed by atoms with Crippen LogP contribution in [0.15, 0.2) is 28.9 Å². The van der Waals surface area contributed by atoms with Gasteiger partial charge in [-0.1, -0.05) is 29.3 Å². The van der Waals surface area contributed by atoms with Crippen LogP contribution < -0.4 is 5.32 Å². The highest BCUT2D eigenvalue weighted by molar-refractivity contribution is 9.10. The quantitative estimate of drug-likeness (QED) is 0.513. The summed E-state index contributed by atoms with van der Waals surface area (Å²) < 4.78 is 90.1. The molecule has 0 unspecified atom stereocenters. The predicted octanol–water partition coefficient (Wildman–Crippen LogP) is 5.77. The Morgan fingerprint density at radius 1 is 1.14 bits per heavy atom. The van der Waals surface area contributed by atoms with Crippen LogP contribution in [0.3, 0.4) is 0 Å². The van der Waals surface area contributed by atoms with Gasteiger partial charge in [-0.05, 0) is 33.6 Å². The summed E-state index contributed by atoms with van der Waals surface area (Å²) in [6.07, 6.45) is -5.46. The second kappa shape index (κ2) is 7.71. The van der Waals surface area contributed by atoms with Gasteiger partial charge in [-0.3, -0.25) is 9.48 Å². The lowest BCUT2D eigenvalue weighted by atomic mass is 10.1. The number of nitrogens with one attached hydrogen (secondary N) is 1. The number of hydrogen-bond donors (Lipinski definition) is 1. The first-order valence-electron chi connectivity index (χ1n) is 6.97. The number of carbonyl (C=O) groups is 1. The van der Waals surface area contributed by atoms with Gasteiger partial charge in [0.2, 0.25) is 0 Å². The predicted molar refractivity (Wildman–Crippen MR) is 90.1 cm³/mol. The molecule has 1 aromatic carbocycles. The Labute approximate surface area is 170 Å². The van der Waals surface area contributed by atoms with Gasteiger partial charge in [0.15, 0.2) is 5.82 Å². The number of anilines is 1. The standard InChI is InChI=1S/C14H7BrCl2F7N3O/c15-8-5-27(4-6-1-2-7(16)3-9(6)17)26-10(8)25-11(28)12(18,19)13(20,21)14(22,23)24/h1-3,5H,4H2,(H,25,26,28). The molecule has 154 valence electrons. The molecular weight excluding hydrogens is 510 g/mol. The normalized spacial score (nSPS) is 12.9. The van der Waals surface area contributed by atoms with E-state index in [9.17, 15) is 35.5 Å². The molecule has 0 fully saturated rings. The van der Waals surface area contributed by atoms with Crippen molar-refractivity contribution in [1.29, 1.82) is 0 Å². The highest BCUT2D eigenvalue weighted by Gasteiger charge is 2.76. The fourth-order valence-corrected chi connectivity index (χ4v) is 2.78. The van der Waals surface area contributed by atoms with E-state index >= 15 is 0 Å². The van der Waals surface area contributed by atoms with Crippen molar-refractivity contribution < 1.29 is 35.5 Å². The molecule has 1 heterocycles. The molecule has 1 N–H and O–H groups in total. The van der Waals surface area contributed by atoms with Crippen LogP contribution in [-0.2, 0) is 11.3 Å². The van der Waals surface area contributed by atoms with Gasteiger partial charge in [-0.25, -0.2) is 0 Å². The van der Waals surface area contributed by atoms with Gasteiger partial charge in [-0.2, -0.15) is 35.8 Å². The molecule has 1 amide bonds. The third-order valence-electron chi connectivity index (χ3n) is 3.33. The van der Waals surface area contributed by atoms with E-state index in [4.69, 9.17) is 23.2 Å². The van der Waals surface area contributed by atoms with E-state index in [0.717, 1.165) is 4.68 Å². The maximum absolute atomic E-state index is 13.4. The number of rotatable bonds is 5. The Hall–Kier alpha value is -1.53. The molecule has 0 saturated carbocycles. The average Bonchev–Trinajstić information content (AvgIpc) is 2.88. The molecule has 4 nitrogen and oxygen atoms in total. The molecule has 2 aromatic rings. The van der Waals surface area contributed by atoms with Crippen molar-refractivity contribution in [1.82, 2.24) is 9.78 Å². The summed E-state index contributed by atoms with van der Waals surface area (Å²) in [6, 6.07) is 4.44. The third kappa shape index (κ3) is 4.38. The van der Waals surface area contributed by atoms with Gasteiger partial charge in [0.05, 0.1) is 11.0 Å². The number of amides is 1. The lowest BCUT2D eigenvalue weighted by molar-refractivity contribution is -0.343. The number of benzene rings is 1. The van der Waals surface area contributed by atoms with Crippen molar-refractivity contribution in [2.45, 2.75) is 24.6 Å². The molecule has 0 aliphatic rings. The maximum atomic E-state index is 13.4. The number of aromatic nitrogens is 2. The Morgan fingerprint density at radius 2 is 1.75 bits per heavy atom. The number of carbonyl (C=O) groups excluding carboxylic acids is 1. The van der Waals surface area contributed by atoms with Gasteiger partial charge in [0.25, 0.3) is 0 Å². The summed E-state index contributed by atoms with van der Waals surface area (Å²) in [5.74, 6) is -16.2. The van der Waals surface area contributed by atoms with Crippen LogP contribution in [0, 0.1) is 0 Å². The highest BCUT2D eigenvalue weighted by Crippen LogP contribution is 2.47. The molecule has 0 bridgehead atoms. The molecule has 1 aromatic heterocycles. The van der Waals surface area contributed by atoms with Crippen molar-refractivity contribution >= 4 is 50.9 Å². The zero-order valence-electron chi connectivity index (χ0n) is 13.1. The average molecular weight is 517 g/mol. The summed E-state index contributed by atoms with van der Waals surface area (Å²) in [5, 5.41) is 5.49. The lowest BCUT2D eigenvalue weighted by Gasteiger charge is -2.26. The summed E-state index contributed by atoms with van der Waals surface area (Å²) in [5.41, 5.74) is 0.480. The zero-order chi connectivity index (χ0) is 21.5. The molecule has 0 spiro atoms. The molecule has 0 saturated heterocycles. The van der Waals surface area contributed by atoms with Gasteiger partial charge >= 0.3 is 23.9 Å². The second-order valence-corrected chi connectivity index (χ2v) is 7.06. The minimum atomic E-state index is -6.63. The van der Waals surface area contributed by atoms with Crippen molar-refractivity contribution in [3.63, 3.8) is 0 Å². The van der Waals surface area contributed by atoms with Crippen LogP contribution in [0.25, 0.3) is 0 Å². The van der Waals surface area contributed by atoms with E-state index in [1.165, 1.54) is 29.7 Å². The first-order valence-corrected chi connectivity index (χ1v) is 8.52. The van der Waals surface area contributed by atoms with Gasteiger partial charge in [0.1, 0.15) is 0 Å². The van der Waals surface area contributed by atoms with E-state index in [-0.39, 0.29) is 16.0 Å². The van der Waals surface area contributed by atoms with E-state index in [2.05, 4.69) is 21.0 Å². The van der Waals surface area contributed by atoms with Gasteiger partial charge in [-0.15, -0.1) is 0 Å². The largest absolute Gasteiger partial charge is 0.460 e. The Morgan fingerprint density at radius 3 is 2.29 bits per heavy atom. The van der Waals surface area contributed by atoms with Crippen LogP contribution in [0.1, 0.15) is 5.56 Å². The summed E-state index contributed by atoms with van der Waals surface area (Å²) >= 11 is 14.5. The van der Waals surface area contributed by atoms with Crippen molar-refractivity contribution in [3.8, 4) is 0 Å². The van der Waals surface area contributed by atoms with Crippen LogP contribution in [0.5, 0.6) is 0 Å². The van der Waals surface area contributed by atoms with Crippen LogP contribution >= 0.6 is 39.1 Å². The topological polar surface area (TPSA) is 46.9 Å². The Bertz CT molecular complexity index is 902. The molecule has 0 radical (unpaired) electrons. The van der Waals surface area contributed by atoms with E-state index in [1.54, 1.807) is 0 Å². The first-order chi connectivity index (χ1) is 12.7. The van der Waals surface area contributed by atoms with Crippen molar-refractivity contribution in [2.24, 2.45) is 0 Å². The summed E-state index contributed by atoms with van der Waals surface area (Å²) in [6.45, 7) is -0.0421. The highest BCUT2D eigenvalue weighted by atomic mass is 79.9. The molecule has 28 heavy (non-hydrogen) atoms. The molecule has 0 aliphatic carbocycles. The van der Waals surface area contributed by atoms with Crippen molar-refractivity contribution in [2.75, 3.05) is 5.32 Å². The number of nitrogens with zero attached hydrogens (tertiary/aromatic N) is 2. The van der Waals surface area contributed by atoms with Crippen LogP contribution in [0.4, 0.5) is 36.6 Å². The van der Waals surface area contributed by atoms with E-state index in [1.807, 2.05) is 0 Å². The van der Waals surface area contributed by atoms with Gasteiger partial charge in [0, 0.05) is 16.2 Å². The lowest BCUT2D eigenvalue weighted by Crippen LogP contribution is -2.57. The monoisotopic (exact) mass is 515 g/mol. The number of hydrogen-bond acceptors (Lipinski definition) is 2. The maximum Gasteiger partial charge on any atom is 0.460 e. The minimum absolute atomic E-state index is 0.0421. The Kier molecular flexibility index (Phi) is 6.27. The van der Waals surface area contributed by atoms with Gasteiger partial charge < -0.3 is 5.32 Å². The number of alkyl halides is 7.